The molecule has 7 rings (SSSR count). The van der Waals surface area contributed by atoms with E-state index in [1.807, 2.05) is 0 Å². The SMILES string of the molecule is C[C@@H]1CC/C=C\[C@@H]2C[C@@]2(C(=O)NS(=O)(=O)C2CC2)NC(=O)[C@@H]2C[C@@H](Oc3nccc4c5c(ccc34)OC(F)(F)O5)CN2C(=O)[C@@H](N(C(=O)O)[C@H](C)C(F)(F)F)[C@H](C)C1. The first kappa shape index (κ1) is 41.2. The van der Waals surface area contributed by atoms with Crippen LogP contribution < -0.4 is 24.2 Å². The van der Waals surface area contributed by atoms with Crippen molar-refractivity contribution in [3.05, 3.63) is 36.5 Å². The number of halogens is 5. The number of nitrogens with zero attached hydrogens (tertiary/aromatic N) is 3. The number of fused-ring (bicyclic) bond motifs is 5. The summed E-state index contributed by atoms with van der Waals surface area (Å²) in [5, 5.41) is 12.4. The molecule has 15 nitrogen and oxygen atoms in total. The van der Waals surface area contributed by atoms with E-state index in [0.29, 0.717) is 32.6 Å². The minimum absolute atomic E-state index is 0.00202. The summed E-state index contributed by atoms with van der Waals surface area (Å²) in [4.78, 5) is 60.9. The van der Waals surface area contributed by atoms with E-state index in [2.05, 4.69) is 24.5 Å². The normalized spacial score (nSPS) is 30.9. The first-order valence-electron chi connectivity index (χ1n) is 18.9. The Balaban J connectivity index is 1.27. The zero-order valence-corrected chi connectivity index (χ0v) is 32.3. The van der Waals surface area contributed by atoms with Gasteiger partial charge in [-0.15, -0.1) is 8.78 Å². The van der Waals surface area contributed by atoms with Gasteiger partial charge in [0.15, 0.2) is 11.5 Å². The molecule has 3 N–H and O–H groups in total. The predicted molar refractivity (Wildman–Crippen MR) is 192 cm³/mol. The van der Waals surface area contributed by atoms with Gasteiger partial charge in [0.25, 0.3) is 5.91 Å². The van der Waals surface area contributed by atoms with Crippen LogP contribution in [0.15, 0.2) is 36.5 Å². The van der Waals surface area contributed by atoms with Gasteiger partial charge in [-0.3, -0.25) is 24.0 Å². The first-order valence-corrected chi connectivity index (χ1v) is 20.4. The van der Waals surface area contributed by atoms with Crippen LogP contribution in [0.1, 0.15) is 65.7 Å². The molecule has 1 saturated heterocycles. The maximum absolute atomic E-state index is 14.8. The number of carbonyl (C=O) groups is 4. The van der Waals surface area contributed by atoms with Crippen LogP contribution in [-0.2, 0) is 24.4 Å². The lowest BCUT2D eigenvalue weighted by atomic mass is 9.86. The summed E-state index contributed by atoms with van der Waals surface area (Å²) < 4.78 is 114. The zero-order valence-electron chi connectivity index (χ0n) is 31.5. The molecule has 58 heavy (non-hydrogen) atoms. The van der Waals surface area contributed by atoms with Crippen molar-refractivity contribution in [2.24, 2.45) is 17.8 Å². The zero-order chi connectivity index (χ0) is 42.1. The molecule has 2 aliphatic carbocycles. The molecule has 0 spiro atoms. The van der Waals surface area contributed by atoms with E-state index in [-0.39, 0.29) is 58.2 Å². The van der Waals surface area contributed by atoms with Crippen molar-refractivity contribution in [3.8, 4) is 17.4 Å². The molecule has 0 bridgehead atoms. The van der Waals surface area contributed by atoms with Crippen molar-refractivity contribution in [2.45, 2.75) is 113 Å². The number of aromatic nitrogens is 1. The molecule has 4 amide bonds. The molecular weight excluding hydrogens is 801 g/mol. The number of benzene rings is 1. The molecule has 2 aromatic rings. The highest BCUT2D eigenvalue weighted by Crippen LogP contribution is 2.48. The van der Waals surface area contributed by atoms with E-state index in [9.17, 15) is 54.7 Å². The van der Waals surface area contributed by atoms with Crippen molar-refractivity contribution in [1.29, 1.82) is 0 Å². The van der Waals surface area contributed by atoms with Gasteiger partial charge in [0, 0.05) is 29.3 Å². The summed E-state index contributed by atoms with van der Waals surface area (Å²) in [5.41, 5.74) is -1.76. The standard InChI is InChI=1S/C37H42F5N5O10S/c1-18-6-4-5-7-21-16-35(21,33(50)45-58(53,54)23-8-9-23)44-30(48)26-15-22(55-31-25-10-11-27-29(24(25)12-13-43-31)57-37(41,42)56-27)17-46(26)32(49)28(19(2)14-18)47(34(51)52)20(3)36(38,39)40/h5,7,10-13,18-23,26,28H,4,6,8-9,14-17H2,1-3H3,(H,44,48)(H,45,50)(H,51,52)/b7-5-/t18-,19-,20-,21-,22-,26+,28+,35-/m1/s1. The van der Waals surface area contributed by atoms with Crippen LogP contribution in [0.3, 0.4) is 0 Å². The van der Waals surface area contributed by atoms with Gasteiger partial charge in [-0.05, 0) is 75.5 Å². The Morgan fingerprint density at radius 2 is 1.83 bits per heavy atom. The van der Waals surface area contributed by atoms with Crippen LogP contribution >= 0.6 is 0 Å². The van der Waals surface area contributed by atoms with E-state index in [4.69, 9.17) is 4.74 Å². The Hall–Kier alpha value is -4.95. The quantitative estimate of drug-likeness (QED) is 0.259. The Morgan fingerprint density at radius 3 is 2.50 bits per heavy atom. The van der Waals surface area contributed by atoms with Gasteiger partial charge >= 0.3 is 18.6 Å². The number of nitrogens with one attached hydrogen (secondary N) is 2. The third kappa shape index (κ3) is 7.92. The molecule has 3 aliphatic heterocycles. The lowest BCUT2D eigenvalue weighted by Crippen LogP contribution is -2.62. The van der Waals surface area contributed by atoms with Crippen LogP contribution in [0.5, 0.6) is 17.4 Å². The lowest BCUT2D eigenvalue weighted by Gasteiger charge is -2.40. The number of hydrogen-bond acceptors (Lipinski definition) is 10. The highest BCUT2D eigenvalue weighted by atomic mass is 32.2. The molecule has 4 heterocycles. The van der Waals surface area contributed by atoms with Crippen molar-refractivity contribution in [1.82, 2.24) is 24.8 Å². The lowest BCUT2D eigenvalue weighted by molar-refractivity contribution is -0.286. The molecule has 8 atom stereocenters. The molecule has 2 saturated carbocycles. The molecular formula is C37H42F5N5O10S. The molecule has 5 aliphatic rings. The van der Waals surface area contributed by atoms with E-state index in [1.165, 1.54) is 31.3 Å². The summed E-state index contributed by atoms with van der Waals surface area (Å²) in [6.07, 6.45) is -6.15. The number of carboxylic acid groups (broad SMARTS) is 1. The maximum Gasteiger partial charge on any atom is 0.586 e. The summed E-state index contributed by atoms with van der Waals surface area (Å²) in [6.45, 7) is 3.41. The van der Waals surface area contributed by atoms with Crippen LogP contribution in [0.2, 0.25) is 0 Å². The second kappa shape index (κ2) is 14.7. The van der Waals surface area contributed by atoms with Crippen molar-refractivity contribution in [3.63, 3.8) is 0 Å². The summed E-state index contributed by atoms with van der Waals surface area (Å²) in [5.74, 6) is -5.67. The second-order valence-corrected chi connectivity index (χ2v) is 17.8. The fourth-order valence-corrected chi connectivity index (χ4v) is 9.60. The minimum atomic E-state index is -5.08. The van der Waals surface area contributed by atoms with Gasteiger partial charge in [0.05, 0.1) is 11.8 Å². The number of pyridine rings is 1. The Bertz CT molecular complexity index is 2150. The molecule has 21 heteroatoms. The molecule has 1 aromatic carbocycles. The molecule has 0 unspecified atom stereocenters. The molecule has 3 fully saturated rings. The molecule has 0 radical (unpaired) electrons. The summed E-state index contributed by atoms with van der Waals surface area (Å²) in [7, 11) is -4.06. The van der Waals surface area contributed by atoms with Gasteiger partial charge in [0.1, 0.15) is 29.8 Å². The third-order valence-corrected chi connectivity index (χ3v) is 13.4. The summed E-state index contributed by atoms with van der Waals surface area (Å²) in [6, 6.07) is -2.23. The number of sulfonamides is 1. The molecule has 316 valence electrons. The number of amides is 4. The van der Waals surface area contributed by atoms with Crippen molar-refractivity contribution >= 4 is 44.6 Å². The number of allylic oxidation sites excluding steroid dienone is 1. The van der Waals surface area contributed by atoms with Crippen LogP contribution in [0.25, 0.3) is 10.8 Å². The van der Waals surface area contributed by atoms with Crippen LogP contribution in [0, 0.1) is 17.8 Å². The number of rotatable bonds is 7. The highest BCUT2D eigenvalue weighted by molar-refractivity contribution is 7.91. The average Bonchev–Trinajstić information content (AvgIpc) is 4.03. The average molecular weight is 844 g/mol. The minimum Gasteiger partial charge on any atom is -0.472 e. The van der Waals surface area contributed by atoms with Crippen LogP contribution in [0.4, 0.5) is 26.7 Å². The molecule has 1 aromatic heterocycles. The summed E-state index contributed by atoms with van der Waals surface area (Å²) >= 11 is 0. The monoisotopic (exact) mass is 843 g/mol. The Morgan fingerprint density at radius 1 is 1.10 bits per heavy atom. The number of hydrogen-bond donors (Lipinski definition) is 3. The smallest absolute Gasteiger partial charge is 0.472 e. The van der Waals surface area contributed by atoms with E-state index in [0.717, 1.165) is 4.90 Å². The highest BCUT2D eigenvalue weighted by Gasteiger charge is 2.62. The number of alkyl halides is 5. The van der Waals surface area contributed by atoms with Crippen molar-refractivity contribution in [2.75, 3.05) is 6.54 Å². The van der Waals surface area contributed by atoms with Crippen LogP contribution in [-0.4, -0.2) is 106 Å². The third-order valence-electron chi connectivity index (χ3n) is 11.5. The van der Waals surface area contributed by atoms with Gasteiger partial charge in [-0.25, -0.2) is 18.2 Å². The Labute approximate surface area is 329 Å². The van der Waals surface area contributed by atoms with Gasteiger partial charge < -0.3 is 29.5 Å². The fraction of sp³-hybridized carbons (Fsp3) is 0.595. The predicted octanol–water partition coefficient (Wildman–Crippen LogP) is 4.70. The number of carbonyl (C=O) groups excluding carboxylic acids is 3. The second-order valence-electron chi connectivity index (χ2n) is 15.9. The van der Waals surface area contributed by atoms with E-state index < -0.39 is 99.7 Å². The topological polar surface area (TPSA) is 194 Å². The van der Waals surface area contributed by atoms with Gasteiger partial charge in [-0.1, -0.05) is 26.0 Å². The Kier molecular flexibility index (Phi) is 10.4. The van der Waals surface area contributed by atoms with E-state index in [1.54, 1.807) is 19.1 Å². The maximum atomic E-state index is 14.8. The fourth-order valence-electron chi connectivity index (χ4n) is 8.24. The van der Waals surface area contributed by atoms with E-state index >= 15 is 0 Å². The largest absolute Gasteiger partial charge is 0.586 e. The van der Waals surface area contributed by atoms with Gasteiger partial charge in [-0.2, -0.15) is 13.2 Å². The first-order chi connectivity index (χ1) is 27.1. The number of ether oxygens (including phenoxy) is 3. The van der Waals surface area contributed by atoms with Crippen molar-refractivity contribution < 1.29 is 68.9 Å². The van der Waals surface area contributed by atoms with Gasteiger partial charge in [0.2, 0.25) is 27.7 Å².